The van der Waals surface area contributed by atoms with Crippen molar-refractivity contribution in [2.75, 3.05) is 31.5 Å². The van der Waals surface area contributed by atoms with Gasteiger partial charge < -0.3 is 15.1 Å². The number of piperazine rings is 1. The van der Waals surface area contributed by atoms with Crippen molar-refractivity contribution in [1.29, 1.82) is 0 Å². The SMILES string of the molecule is O=C(/C=C/c1ccccc1)Nc1ccccc1-c1cc2ccc(CN3CCNCC3)cc2o1. The average Bonchev–Trinajstić information content (AvgIpc) is 3.28. The van der Waals surface area contributed by atoms with E-state index in [4.69, 9.17) is 4.42 Å². The van der Waals surface area contributed by atoms with Gasteiger partial charge in [0.05, 0.1) is 5.69 Å². The predicted octanol–water partition coefficient (Wildman–Crippen LogP) is 5.16. The van der Waals surface area contributed by atoms with Crippen molar-refractivity contribution in [2.24, 2.45) is 0 Å². The molecule has 0 spiro atoms. The maximum atomic E-state index is 12.5. The molecule has 1 amide bonds. The van der Waals surface area contributed by atoms with Gasteiger partial charge in [0.25, 0.3) is 0 Å². The van der Waals surface area contributed by atoms with E-state index in [1.807, 2.05) is 60.7 Å². The minimum Gasteiger partial charge on any atom is -0.456 e. The highest BCUT2D eigenvalue weighted by Gasteiger charge is 2.14. The number of para-hydroxylation sites is 1. The number of furan rings is 1. The Morgan fingerprint density at radius 1 is 0.970 bits per heavy atom. The van der Waals surface area contributed by atoms with E-state index in [0.717, 1.165) is 66.3 Å². The topological polar surface area (TPSA) is 57.5 Å². The van der Waals surface area contributed by atoms with Crippen LogP contribution in [0, 0.1) is 0 Å². The Labute approximate surface area is 193 Å². The molecule has 0 aliphatic carbocycles. The zero-order chi connectivity index (χ0) is 22.5. The van der Waals surface area contributed by atoms with Crippen LogP contribution in [0.4, 0.5) is 5.69 Å². The third-order valence-corrected chi connectivity index (χ3v) is 5.88. The Hall–Kier alpha value is -3.67. The molecule has 1 saturated heterocycles. The van der Waals surface area contributed by atoms with Gasteiger partial charge in [-0.05, 0) is 41.5 Å². The van der Waals surface area contributed by atoms with Gasteiger partial charge in [-0.1, -0.05) is 54.6 Å². The van der Waals surface area contributed by atoms with Gasteiger partial charge in [-0.3, -0.25) is 9.69 Å². The molecule has 5 rings (SSSR count). The van der Waals surface area contributed by atoms with Gasteiger partial charge in [-0.25, -0.2) is 0 Å². The number of fused-ring (bicyclic) bond motifs is 1. The molecule has 1 aliphatic heterocycles. The van der Waals surface area contributed by atoms with Crippen LogP contribution in [0.1, 0.15) is 11.1 Å². The number of carbonyl (C=O) groups excluding carboxylic acids is 1. The lowest BCUT2D eigenvalue weighted by molar-refractivity contribution is -0.111. The van der Waals surface area contributed by atoms with E-state index in [1.165, 1.54) is 5.56 Å². The number of nitrogens with one attached hydrogen (secondary N) is 2. The zero-order valence-corrected chi connectivity index (χ0v) is 18.5. The largest absolute Gasteiger partial charge is 0.456 e. The van der Waals surface area contributed by atoms with Crippen LogP contribution < -0.4 is 10.6 Å². The van der Waals surface area contributed by atoms with E-state index in [1.54, 1.807) is 12.2 Å². The minimum atomic E-state index is -0.180. The number of rotatable bonds is 6. The van der Waals surface area contributed by atoms with Crippen LogP contribution in [0.25, 0.3) is 28.4 Å². The second-order valence-corrected chi connectivity index (χ2v) is 8.29. The van der Waals surface area contributed by atoms with Crippen molar-refractivity contribution in [2.45, 2.75) is 6.54 Å². The van der Waals surface area contributed by atoms with E-state index in [-0.39, 0.29) is 5.91 Å². The van der Waals surface area contributed by atoms with Gasteiger partial charge in [-0.15, -0.1) is 0 Å². The van der Waals surface area contributed by atoms with Crippen LogP contribution in [-0.4, -0.2) is 37.0 Å². The number of hydrogen-bond acceptors (Lipinski definition) is 4. The van der Waals surface area contributed by atoms with E-state index < -0.39 is 0 Å². The van der Waals surface area contributed by atoms with Crippen LogP contribution in [-0.2, 0) is 11.3 Å². The van der Waals surface area contributed by atoms with Gasteiger partial charge >= 0.3 is 0 Å². The molecular formula is C28H27N3O2. The lowest BCUT2D eigenvalue weighted by Gasteiger charge is -2.27. The maximum absolute atomic E-state index is 12.5. The number of hydrogen-bond donors (Lipinski definition) is 2. The van der Waals surface area contributed by atoms with Gasteiger partial charge in [0.15, 0.2) is 0 Å². The standard InChI is InChI=1S/C28H27N3O2/c32-28(13-11-21-6-2-1-3-7-21)30-25-9-5-4-8-24(25)27-19-23-12-10-22(18-26(23)33-27)20-31-16-14-29-15-17-31/h1-13,18-19,29H,14-17,20H2,(H,30,32)/b13-11+. The Morgan fingerprint density at radius 3 is 2.61 bits per heavy atom. The van der Waals surface area contributed by atoms with Crippen molar-refractivity contribution in [3.8, 4) is 11.3 Å². The summed E-state index contributed by atoms with van der Waals surface area (Å²) in [7, 11) is 0. The fourth-order valence-electron chi connectivity index (χ4n) is 4.15. The molecule has 0 unspecified atom stereocenters. The average molecular weight is 438 g/mol. The smallest absolute Gasteiger partial charge is 0.248 e. The van der Waals surface area contributed by atoms with Gasteiger partial charge in [0, 0.05) is 49.7 Å². The summed E-state index contributed by atoms with van der Waals surface area (Å²) in [5.41, 5.74) is 4.68. The normalized spacial score (nSPS) is 14.7. The molecule has 33 heavy (non-hydrogen) atoms. The first kappa shape index (κ1) is 21.2. The first-order valence-electron chi connectivity index (χ1n) is 11.3. The molecule has 5 nitrogen and oxygen atoms in total. The Morgan fingerprint density at radius 2 is 1.76 bits per heavy atom. The molecule has 1 aliphatic rings. The van der Waals surface area contributed by atoms with Crippen molar-refractivity contribution in [3.05, 3.63) is 96.1 Å². The molecular weight excluding hydrogens is 410 g/mol. The lowest BCUT2D eigenvalue weighted by Crippen LogP contribution is -2.42. The number of nitrogens with zero attached hydrogens (tertiary/aromatic N) is 1. The van der Waals surface area contributed by atoms with Crippen molar-refractivity contribution in [1.82, 2.24) is 10.2 Å². The Balaban J connectivity index is 1.35. The van der Waals surface area contributed by atoms with Crippen molar-refractivity contribution < 1.29 is 9.21 Å². The molecule has 0 saturated carbocycles. The van der Waals surface area contributed by atoms with E-state index >= 15 is 0 Å². The molecule has 2 N–H and O–H groups in total. The molecule has 5 heteroatoms. The predicted molar refractivity (Wildman–Crippen MR) is 134 cm³/mol. The molecule has 1 fully saturated rings. The first-order valence-corrected chi connectivity index (χ1v) is 11.3. The quantitative estimate of drug-likeness (QED) is 0.409. The molecule has 4 aromatic rings. The van der Waals surface area contributed by atoms with Crippen LogP contribution in [0.15, 0.2) is 89.4 Å². The second-order valence-electron chi connectivity index (χ2n) is 8.29. The van der Waals surface area contributed by atoms with Gasteiger partial charge in [0.1, 0.15) is 11.3 Å². The van der Waals surface area contributed by atoms with Crippen molar-refractivity contribution in [3.63, 3.8) is 0 Å². The van der Waals surface area contributed by atoms with Gasteiger partial charge in [-0.2, -0.15) is 0 Å². The molecule has 3 aromatic carbocycles. The fourth-order valence-corrected chi connectivity index (χ4v) is 4.15. The van der Waals surface area contributed by atoms with E-state index in [9.17, 15) is 4.79 Å². The van der Waals surface area contributed by atoms with E-state index in [2.05, 4.69) is 33.7 Å². The van der Waals surface area contributed by atoms with Crippen LogP contribution in [0.5, 0.6) is 0 Å². The van der Waals surface area contributed by atoms with Crippen LogP contribution >= 0.6 is 0 Å². The highest BCUT2D eigenvalue weighted by atomic mass is 16.3. The Kier molecular flexibility index (Phi) is 6.33. The van der Waals surface area contributed by atoms with Crippen molar-refractivity contribution >= 4 is 28.6 Å². The lowest BCUT2D eigenvalue weighted by atomic mass is 10.1. The number of amides is 1. The molecule has 166 valence electrons. The fraction of sp³-hybridized carbons (Fsp3) is 0.179. The number of carbonyl (C=O) groups is 1. The number of benzene rings is 3. The van der Waals surface area contributed by atoms with E-state index in [0.29, 0.717) is 0 Å². The summed E-state index contributed by atoms with van der Waals surface area (Å²) in [4.78, 5) is 15.0. The van der Waals surface area contributed by atoms with Crippen LogP contribution in [0.3, 0.4) is 0 Å². The monoisotopic (exact) mass is 437 g/mol. The third-order valence-electron chi connectivity index (χ3n) is 5.88. The summed E-state index contributed by atoms with van der Waals surface area (Å²) in [6.07, 6.45) is 3.35. The molecule has 2 heterocycles. The third kappa shape index (κ3) is 5.22. The Bertz CT molecular complexity index is 1270. The molecule has 0 atom stereocenters. The van der Waals surface area contributed by atoms with Gasteiger partial charge in [0.2, 0.25) is 5.91 Å². The second kappa shape index (κ2) is 9.86. The minimum absolute atomic E-state index is 0.180. The summed E-state index contributed by atoms with van der Waals surface area (Å²) in [6, 6.07) is 26.0. The molecule has 0 bridgehead atoms. The highest BCUT2D eigenvalue weighted by Crippen LogP contribution is 2.33. The summed E-state index contributed by atoms with van der Waals surface area (Å²) >= 11 is 0. The summed E-state index contributed by atoms with van der Waals surface area (Å²) in [6.45, 7) is 5.13. The first-order chi connectivity index (χ1) is 16.2. The van der Waals surface area contributed by atoms with Crippen LogP contribution in [0.2, 0.25) is 0 Å². The highest BCUT2D eigenvalue weighted by molar-refractivity contribution is 6.04. The summed E-state index contributed by atoms with van der Waals surface area (Å²) in [5, 5.41) is 7.44. The maximum Gasteiger partial charge on any atom is 0.248 e. The summed E-state index contributed by atoms with van der Waals surface area (Å²) < 4.78 is 6.24. The number of anilines is 1. The zero-order valence-electron chi connectivity index (χ0n) is 18.5. The molecule has 0 radical (unpaired) electrons. The summed E-state index contributed by atoms with van der Waals surface area (Å²) in [5.74, 6) is 0.563. The molecule has 1 aromatic heterocycles.